The molecule has 0 aliphatic rings. The normalized spacial score (nSPS) is 10.4. The molecule has 0 fully saturated rings. The van der Waals surface area contributed by atoms with E-state index in [4.69, 9.17) is 21.6 Å². The zero-order chi connectivity index (χ0) is 21.9. The molecule has 0 aromatic heterocycles. The van der Waals surface area contributed by atoms with Gasteiger partial charge in [0.25, 0.3) is 0 Å². The zero-order valence-corrected chi connectivity index (χ0v) is 17.9. The van der Waals surface area contributed by atoms with Gasteiger partial charge in [-0.3, -0.25) is 14.5 Å². The van der Waals surface area contributed by atoms with E-state index in [1.807, 2.05) is 6.92 Å². The number of likely N-dealkylation sites (N-methyl/N-ethyl adjacent to an activating group) is 1. The largest absolute Gasteiger partial charge is 0.494 e. The third-order valence-corrected chi connectivity index (χ3v) is 4.50. The van der Waals surface area contributed by atoms with Crippen LogP contribution in [0.4, 0.5) is 11.4 Å². The minimum atomic E-state index is -0.275. The maximum atomic E-state index is 12.9. The molecule has 0 aliphatic carbocycles. The second kappa shape index (κ2) is 11.8. The molecule has 1 N–H and O–H groups in total. The van der Waals surface area contributed by atoms with Crippen LogP contribution in [0.5, 0.6) is 5.75 Å². The van der Waals surface area contributed by atoms with Crippen molar-refractivity contribution in [2.75, 3.05) is 43.5 Å². The van der Waals surface area contributed by atoms with E-state index < -0.39 is 0 Å². The predicted octanol–water partition coefficient (Wildman–Crippen LogP) is 3.56. The van der Waals surface area contributed by atoms with Gasteiger partial charge >= 0.3 is 0 Å². The van der Waals surface area contributed by atoms with Gasteiger partial charge in [-0.05, 0) is 50.4 Å². The summed E-state index contributed by atoms with van der Waals surface area (Å²) >= 11 is 6.05. The Morgan fingerprint density at radius 2 is 1.83 bits per heavy atom. The van der Waals surface area contributed by atoms with Crippen LogP contribution in [0.1, 0.15) is 13.3 Å². The summed E-state index contributed by atoms with van der Waals surface area (Å²) in [4.78, 5) is 28.3. The molecule has 2 amide bonds. The summed E-state index contributed by atoms with van der Waals surface area (Å²) in [6.45, 7) is 2.76. The summed E-state index contributed by atoms with van der Waals surface area (Å²) in [5.74, 6) is 0.229. The molecular weight excluding hydrogens is 404 g/mol. The van der Waals surface area contributed by atoms with E-state index >= 15 is 0 Å². The lowest BCUT2D eigenvalue weighted by Gasteiger charge is -2.25. The second-order valence-electron chi connectivity index (χ2n) is 6.58. The molecule has 30 heavy (non-hydrogen) atoms. The number of hydrogen-bond acceptors (Lipinski definition) is 5. The number of rotatable bonds is 10. The maximum absolute atomic E-state index is 12.9. The van der Waals surface area contributed by atoms with Crippen LogP contribution in [-0.2, 0) is 9.59 Å². The Labute approximate surface area is 181 Å². The molecule has 0 atom stereocenters. The fraction of sp³-hybridized carbons (Fsp3) is 0.318. The van der Waals surface area contributed by atoms with E-state index in [9.17, 15) is 9.59 Å². The van der Waals surface area contributed by atoms with Crippen LogP contribution in [-0.4, -0.2) is 50.0 Å². The van der Waals surface area contributed by atoms with Crippen molar-refractivity contribution in [2.45, 2.75) is 13.3 Å². The highest BCUT2D eigenvalue weighted by Gasteiger charge is 2.19. The van der Waals surface area contributed by atoms with Crippen LogP contribution in [0.15, 0.2) is 48.5 Å². The number of nitriles is 1. The van der Waals surface area contributed by atoms with Crippen LogP contribution >= 0.6 is 11.6 Å². The first kappa shape index (κ1) is 23.2. The van der Waals surface area contributed by atoms with E-state index in [1.54, 1.807) is 65.4 Å². The molecule has 0 saturated carbocycles. The first-order chi connectivity index (χ1) is 14.4. The molecule has 2 aromatic carbocycles. The Balaban J connectivity index is 1.99. The van der Waals surface area contributed by atoms with E-state index in [0.717, 1.165) is 0 Å². The van der Waals surface area contributed by atoms with Crippen LogP contribution in [0.25, 0.3) is 0 Å². The standard InChI is InChI=1S/C22H25ClN4O3/c1-3-30-18-11-9-17(10-12-18)27(14-6-13-24)22(29)16-26(2)15-21(28)25-20-8-5-4-7-19(20)23/h4-5,7-12H,3,6,14-16H2,1-2H3,(H,25,28). The molecule has 0 heterocycles. The predicted molar refractivity (Wildman–Crippen MR) is 118 cm³/mol. The van der Waals surface area contributed by atoms with Crippen molar-refractivity contribution in [3.63, 3.8) is 0 Å². The molecule has 2 aromatic rings. The number of hydrogen-bond donors (Lipinski definition) is 1. The number of carbonyl (C=O) groups is 2. The van der Waals surface area contributed by atoms with Crippen molar-refractivity contribution in [3.05, 3.63) is 53.6 Å². The molecule has 0 bridgehead atoms. The minimum Gasteiger partial charge on any atom is -0.494 e. The number of para-hydroxylation sites is 1. The molecule has 7 nitrogen and oxygen atoms in total. The third-order valence-electron chi connectivity index (χ3n) is 4.17. The Bertz CT molecular complexity index is 896. The topological polar surface area (TPSA) is 85.7 Å². The molecule has 0 radical (unpaired) electrons. The quantitative estimate of drug-likeness (QED) is 0.625. The number of anilines is 2. The monoisotopic (exact) mass is 428 g/mol. The van der Waals surface area contributed by atoms with Gasteiger partial charge in [-0.15, -0.1) is 0 Å². The molecule has 0 unspecified atom stereocenters. The smallest absolute Gasteiger partial charge is 0.241 e. The lowest BCUT2D eigenvalue weighted by molar-refractivity contribution is -0.121. The van der Waals surface area contributed by atoms with Crippen LogP contribution in [0.3, 0.4) is 0 Å². The number of nitrogens with zero attached hydrogens (tertiary/aromatic N) is 3. The highest BCUT2D eigenvalue weighted by Crippen LogP contribution is 2.21. The van der Waals surface area contributed by atoms with Gasteiger partial charge in [-0.1, -0.05) is 23.7 Å². The fourth-order valence-corrected chi connectivity index (χ4v) is 3.00. The first-order valence-electron chi connectivity index (χ1n) is 9.57. The molecular formula is C22H25ClN4O3. The number of amides is 2. The second-order valence-corrected chi connectivity index (χ2v) is 6.99. The maximum Gasteiger partial charge on any atom is 0.241 e. The van der Waals surface area contributed by atoms with E-state index in [0.29, 0.717) is 28.8 Å². The van der Waals surface area contributed by atoms with Gasteiger partial charge in [0.05, 0.1) is 42.9 Å². The lowest BCUT2D eigenvalue weighted by atomic mass is 10.2. The highest BCUT2D eigenvalue weighted by atomic mass is 35.5. The Hall–Kier alpha value is -3.08. The summed E-state index contributed by atoms with van der Waals surface area (Å²) < 4.78 is 5.43. The van der Waals surface area contributed by atoms with Crippen LogP contribution in [0.2, 0.25) is 5.02 Å². The highest BCUT2D eigenvalue weighted by molar-refractivity contribution is 6.33. The van der Waals surface area contributed by atoms with Crippen LogP contribution in [0, 0.1) is 11.3 Å². The molecule has 2 rings (SSSR count). The fourth-order valence-electron chi connectivity index (χ4n) is 2.82. The lowest BCUT2D eigenvalue weighted by Crippen LogP contribution is -2.42. The Morgan fingerprint density at radius 1 is 1.13 bits per heavy atom. The molecule has 0 aliphatic heterocycles. The molecule has 158 valence electrons. The van der Waals surface area contributed by atoms with Crippen molar-refractivity contribution in [1.29, 1.82) is 5.26 Å². The molecule has 8 heteroatoms. The summed E-state index contributed by atoms with van der Waals surface area (Å²) in [6.07, 6.45) is 0.204. The summed E-state index contributed by atoms with van der Waals surface area (Å²) in [6, 6.07) is 16.1. The van der Waals surface area contributed by atoms with Gasteiger partial charge < -0.3 is 15.0 Å². The average Bonchev–Trinajstić information content (AvgIpc) is 2.71. The van der Waals surface area contributed by atoms with E-state index in [-0.39, 0.29) is 37.9 Å². The van der Waals surface area contributed by atoms with Gasteiger partial charge in [0.2, 0.25) is 11.8 Å². The van der Waals surface area contributed by atoms with Crippen molar-refractivity contribution in [1.82, 2.24) is 4.90 Å². The van der Waals surface area contributed by atoms with Gasteiger partial charge in [0.1, 0.15) is 5.75 Å². The van der Waals surface area contributed by atoms with Gasteiger partial charge in [-0.2, -0.15) is 5.26 Å². The summed E-state index contributed by atoms with van der Waals surface area (Å²) in [5, 5.41) is 12.1. The number of carbonyl (C=O) groups excluding carboxylic acids is 2. The zero-order valence-electron chi connectivity index (χ0n) is 17.1. The Morgan fingerprint density at radius 3 is 2.47 bits per heavy atom. The summed E-state index contributed by atoms with van der Waals surface area (Å²) in [5.41, 5.74) is 1.20. The van der Waals surface area contributed by atoms with Gasteiger partial charge in [0.15, 0.2) is 0 Å². The van der Waals surface area contributed by atoms with Gasteiger partial charge in [-0.25, -0.2) is 0 Å². The molecule has 0 saturated heterocycles. The number of ether oxygens (including phenoxy) is 1. The minimum absolute atomic E-state index is 0.0202. The van der Waals surface area contributed by atoms with E-state index in [1.165, 1.54) is 0 Å². The molecule has 0 spiro atoms. The number of halogens is 1. The van der Waals surface area contributed by atoms with Crippen molar-refractivity contribution in [2.24, 2.45) is 0 Å². The average molecular weight is 429 g/mol. The Kier molecular flexibility index (Phi) is 9.13. The van der Waals surface area contributed by atoms with Crippen LogP contribution < -0.4 is 15.0 Å². The third kappa shape index (κ3) is 7.07. The van der Waals surface area contributed by atoms with E-state index in [2.05, 4.69) is 11.4 Å². The van der Waals surface area contributed by atoms with Crippen molar-refractivity contribution in [3.8, 4) is 11.8 Å². The summed E-state index contributed by atoms with van der Waals surface area (Å²) in [7, 11) is 1.69. The van der Waals surface area contributed by atoms with Crippen molar-refractivity contribution < 1.29 is 14.3 Å². The van der Waals surface area contributed by atoms with Crippen molar-refractivity contribution >= 4 is 34.8 Å². The van der Waals surface area contributed by atoms with Gasteiger partial charge in [0, 0.05) is 12.2 Å². The first-order valence-corrected chi connectivity index (χ1v) is 9.95. The number of benzene rings is 2. The SMILES string of the molecule is CCOc1ccc(N(CCC#N)C(=O)CN(C)CC(=O)Nc2ccccc2Cl)cc1. The number of nitrogens with one attached hydrogen (secondary N) is 1.